The Morgan fingerprint density at radius 3 is 2.23 bits per heavy atom. The summed E-state index contributed by atoms with van der Waals surface area (Å²) < 4.78 is 9.35. The summed E-state index contributed by atoms with van der Waals surface area (Å²) in [6.07, 6.45) is 4.85. The Bertz CT molecular complexity index is 3600. The highest BCUT2D eigenvalue weighted by Gasteiger charge is 2.58. The van der Waals surface area contributed by atoms with Crippen molar-refractivity contribution in [3.8, 4) is 16.8 Å². The molecule has 65 heavy (non-hydrogen) atoms. The molecule has 0 spiro atoms. The maximum Gasteiger partial charge on any atom is 0.252 e. The first-order valence-electron chi connectivity index (χ1n) is 24.0. The summed E-state index contributed by atoms with van der Waals surface area (Å²) in [5, 5.41) is 3.65. The molecule has 3 aliphatic heterocycles. The Kier molecular flexibility index (Phi) is 7.14. The van der Waals surface area contributed by atoms with E-state index in [4.69, 9.17) is 4.42 Å². The van der Waals surface area contributed by atoms with Crippen LogP contribution in [0.2, 0.25) is 0 Å². The van der Waals surface area contributed by atoms with Crippen molar-refractivity contribution in [2.24, 2.45) is 0 Å². The summed E-state index contributed by atoms with van der Waals surface area (Å²) in [6, 6.07) is 51.4. The molecule has 5 heterocycles. The molecule has 0 saturated heterocycles. The number of benzene rings is 7. The van der Waals surface area contributed by atoms with E-state index in [1.165, 1.54) is 114 Å². The summed E-state index contributed by atoms with van der Waals surface area (Å²) in [5.74, 6) is 0. The Morgan fingerprint density at radius 1 is 0.615 bits per heavy atom. The van der Waals surface area contributed by atoms with Crippen molar-refractivity contribution in [2.75, 3.05) is 9.80 Å². The Labute approximate surface area is 382 Å². The molecule has 7 aromatic carbocycles. The van der Waals surface area contributed by atoms with E-state index < -0.39 is 0 Å². The standard InChI is InChI=1S/C60H54BN3O/c1-35-31-48-54-49(32-35)63-55-40(52-38-17-9-11-20-41(38)58(5,6)56(52)63)19-15-21-44(55)61(54)43-27-26-37(34-47(43)62(48)46-22-16-24-51-53(46)39-18-10-12-23-50(39)65-51)64-45-28-25-36(57(2,3)4)33-42(45)59(7)29-13-14-30-60(59,64)8/h9-12,15-28,31-34H,13-14,29-30H2,1-8H3. The molecule has 2 atom stereocenters. The lowest BCUT2D eigenvalue weighted by Gasteiger charge is -2.50. The molecule has 5 aliphatic rings. The highest BCUT2D eigenvalue weighted by atomic mass is 16.3. The van der Waals surface area contributed by atoms with Crippen LogP contribution in [-0.4, -0.2) is 16.8 Å². The van der Waals surface area contributed by atoms with E-state index in [1.54, 1.807) is 0 Å². The van der Waals surface area contributed by atoms with Crippen molar-refractivity contribution >= 4 is 84.4 Å². The van der Waals surface area contributed by atoms with Gasteiger partial charge in [0.15, 0.2) is 0 Å². The second-order valence-electron chi connectivity index (χ2n) is 22.1. The highest BCUT2D eigenvalue weighted by molar-refractivity contribution is 7.00. The van der Waals surface area contributed by atoms with Gasteiger partial charge in [-0.25, -0.2) is 0 Å². The van der Waals surface area contributed by atoms with Crippen LogP contribution in [0.4, 0.5) is 28.4 Å². The van der Waals surface area contributed by atoms with Gasteiger partial charge < -0.3 is 18.8 Å². The lowest BCUT2D eigenvalue weighted by atomic mass is 9.33. The van der Waals surface area contributed by atoms with E-state index in [0.29, 0.717) is 0 Å². The van der Waals surface area contributed by atoms with Crippen LogP contribution in [0.1, 0.15) is 102 Å². The van der Waals surface area contributed by atoms with Crippen LogP contribution in [-0.2, 0) is 16.2 Å². The van der Waals surface area contributed by atoms with Gasteiger partial charge in [0.2, 0.25) is 0 Å². The second kappa shape index (κ2) is 12.3. The van der Waals surface area contributed by atoms with Crippen molar-refractivity contribution < 1.29 is 4.42 Å². The summed E-state index contributed by atoms with van der Waals surface area (Å²) >= 11 is 0. The van der Waals surface area contributed by atoms with E-state index in [0.717, 1.165) is 34.0 Å². The number of aromatic nitrogens is 1. The quantitative estimate of drug-likeness (QED) is 0.162. The van der Waals surface area contributed by atoms with Gasteiger partial charge >= 0.3 is 0 Å². The number of hydrogen-bond acceptors (Lipinski definition) is 3. The first kappa shape index (κ1) is 37.9. The van der Waals surface area contributed by atoms with Crippen LogP contribution in [0.25, 0.3) is 49.7 Å². The molecule has 14 rings (SSSR count). The number of rotatable bonds is 2. The van der Waals surface area contributed by atoms with Gasteiger partial charge in [0.1, 0.15) is 11.2 Å². The number of para-hydroxylation sites is 2. The van der Waals surface area contributed by atoms with Crippen molar-refractivity contribution in [1.82, 2.24) is 4.57 Å². The van der Waals surface area contributed by atoms with E-state index >= 15 is 0 Å². The first-order valence-corrected chi connectivity index (χ1v) is 24.0. The van der Waals surface area contributed by atoms with E-state index in [2.05, 4.69) is 203 Å². The smallest absolute Gasteiger partial charge is 0.252 e. The predicted octanol–water partition coefficient (Wildman–Crippen LogP) is 13.8. The van der Waals surface area contributed by atoms with Gasteiger partial charge in [0.25, 0.3) is 6.71 Å². The summed E-state index contributed by atoms with van der Waals surface area (Å²) in [6.45, 7) is 19.4. The minimum atomic E-state index is -0.183. The fraction of sp³-hybridized carbons (Fsp3) is 0.267. The third-order valence-corrected chi connectivity index (χ3v) is 17.3. The van der Waals surface area contributed by atoms with Gasteiger partial charge in [-0.3, -0.25) is 0 Å². The topological polar surface area (TPSA) is 24.6 Å². The fourth-order valence-corrected chi connectivity index (χ4v) is 14.0. The Morgan fingerprint density at radius 2 is 1.37 bits per heavy atom. The maximum atomic E-state index is 6.66. The van der Waals surface area contributed by atoms with Gasteiger partial charge in [0.05, 0.1) is 16.6 Å². The minimum Gasteiger partial charge on any atom is -0.456 e. The third-order valence-electron chi connectivity index (χ3n) is 17.3. The zero-order valence-electron chi connectivity index (χ0n) is 38.9. The fourth-order valence-electron chi connectivity index (χ4n) is 14.0. The molecule has 1 saturated carbocycles. The second-order valence-corrected chi connectivity index (χ2v) is 22.1. The third kappa shape index (κ3) is 4.55. The zero-order valence-corrected chi connectivity index (χ0v) is 38.9. The van der Waals surface area contributed by atoms with Crippen molar-refractivity contribution in [3.05, 3.63) is 161 Å². The van der Waals surface area contributed by atoms with Gasteiger partial charge in [0, 0.05) is 66.8 Å². The van der Waals surface area contributed by atoms with Gasteiger partial charge in [-0.15, -0.1) is 0 Å². The van der Waals surface area contributed by atoms with Crippen LogP contribution in [0, 0.1) is 6.92 Å². The zero-order chi connectivity index (χ0) is 44.1. The van der Waals surface area contributed by atoms with Crippen LogP contribution in [0.3, 0.4) is 0 Å². The molecule has 9 aromatic rings. The molecule has 2 aromatic heterocycles. The van der Waals surface area contributed by atoms with Crippen molar-refractivity contribution in [3.63, 3.8) is 0 Å². The highest BCUT2D eigenvalue weighted by Crippen LogP contribution is 2.62. The minimum absolute atomic E-state index is 0.0224. The number of nitrogens with zero attached hydrogens (tertiary/aromatic N) is 3. The van der Waals surface area contributed by atoms with Crippen LogP contribution in [0.5, 0.6) is 0 Å². The molecular formula is C60H54BN3O. The molecule has 5 heteroatoms. The Balaban J connectivity index is 1.09. The van der Waals surface area contributed by atoms with Crippen LogP contribution in [0.15, 0.2) is 138 Å². The number of furan rings is 1. The molecule has 0 N–H and O–H groups in total. The lowest BCUT2D eigenvalue weighted by molar-refractivity contribution is 0.195. The summed E-state index contributed by atoms with van der Waals surface area (Å²) in [4.78, 5) is 5.40. The van der Waals surface area contributed by atoms with Crippen LogP contribution < -0.4 is 26.2 Å². The molecule has 1 fully saturated rings. The molecule has 4 nitrogen and oxygen atoms in total. The van der Waals surface area contributed by atoms with E-state index in [9.17, 15) is 0 Å². The molecular weight excluding hydrogens is 789 g/mol. The molecule has 318 valence electrons. The average molecular weight is 844 g/mol. The monoisotopic (exact) mass is 843 g/mol. The normalized spacial score (nSPS) is 20.8. The molecule has 0 bridgehead atoms. The number of anilines is 5. The maximum absolute atomic E-state index is 6.66. The first-order chi connectivity index (χ1) is 31.3. The molecule has 2 aliphatic carbocycles. The largest absolute Gasteiger partial charge is 0.456 e. The van der Waals surface area contributed by atoms with Gasteiger partial charge in [-0.05, 0) is 125 Å². The predicted molar refractivity (Wildman–Crippen MR) is 274 cm³/mol. The Hall–Kier alpha value is -6.46. The SMILES string of the molecule is Cc1cc2c3c(c1)-n1c4c(c5cccc(c51)B3c1ccc(N3c5ccc(C(C)(C)C)cc5C5(C)CCCCC35C)cc1N2c1cccc2oc3ccccc3c12)-c1ccccc1C4(C)C. The van der Waals surface area contributed by atoms with E-state index in [1.807, 2.05) is 0 Å². The average Bonchev–Trinajstić information content (AvgIpc) is 3.98. The number of fused-ring (bicyclic) bond motifs is 15. The lowest BCUT2D eigenvalue weighted by Crippen LogP contribution is -2.60. The number of aryl methyl sites for hydroxylation is 1. The van der Waals surface area contributed by atoms with Crippen molar-refractivity contribution in [1.29, 1.82) is 0 Å². The molecule has 2 unspecified atom stereocenters. The van der Waals surface area contributed by atoms with Crippen molar-refractivity contribution in [2.45, 2.75) is 103 Å². The summed E-state index contributed by atoms with van der Waals surface area (Å²) in [5.41, 5.74) is 24.4. The number of hydrogen-bond donors (Lipinski definition) is 0. The molecule has 0 amide bonds. The van der Waals surface area contributed by atoms with E-state index in [-0.39, 0.29) is 28.5 Å². The van der Waals surface area contributed by atoms with Gasteiger partial charge in [-0.2, -0.15) is 0 Å². The molecule has 0 radical (unpaired) electrons. The van der Waals surface area contributed by atoms with Gasteiger partial charge in [-0.1, -0.05) is 139 Å². The van der Waals surface area contributed by atoms with Crippen LogP contribution >= 0.6 is 0 Å². The summed E-state index contributed by atoms with van der Waals surface area (Å²) in [7, 11) is 0.